The summed E-state index contributed by atoms with van der Waals surface area (Å²) in [7, 11) is 3.95. The molecule has 0 saturated carbocycles. The number of anilines is 4. The number of nitrogens with zero attached hydrogens (tertiary/aromatic N) is 5. The van der Waals surface area contributed by atoms with Gasteiger partial charge >= 0.3 is 0 Å². The fourth-order valence-corrected chi connectivity index (χ4v) is 3.66. The van der Waals surface area contributed by atoms with Crippen LogP contribution in [-0.4, -0.2) is 63.3 Å². The van der Waals surface area contributed by atoms with Gasteiger partial charge in [-0.15, -0.1) is 6.58 Å². The van der Waals surface area contributed by atoms with Crippen LogP contribution in [0.15, 0.2) is 55.5 Å². The number of carbonyl (C=O) groups is 1. The van der Waals surface area contributed by atoms with E-state index in [2.05, 4.69) is 49.5 Å². The van der Waals surface area contributed by atoms with Crippen molar-refractivity contribution in [1.29, 1.82) is 0 Å². The second-order valence-corrected chi connectivity index (χ2v) is 8.26. The molecule has 0 radical (unpaired) electrons. The fourth-order valence-electron chi connectivity index (χ4n) is 3.66. The molecule has 1 aromatic carbocycles. The summed E-state index contributed by atoms with van der Waals surface area (Å²) in [6.07, 6.45) is 8.78. The molecular formula is C24H32N8O2. The van der Waals surface area contributed by atoms with E-state index in [1.807, 2.05) is 37.5 Å². The molecule has 0 spiro atoms. The minimum Gasteiger partial charge on any atom is -0.490 e. The maximum Gasteiger partial charge on any atom is 0.256 e. The van der Waals surface area contributed by atoms with Gasteiger partial charge in [-0.05, 0) is 32.0 Å². The Balaban J connectivity index is 0.00000342. The van der Waals surface area contributed by atoms with Crippen molar-refractivity contribution in [3.05, 3.63) is 61.1 Å². The number of carbonyl (C=O) groups excluding carboxylic acids is 1. The predicted molar refractivity (Wildman–Crippen MR) is 134 cm³/mol. The Kier molecular flexibility index (Phi) is 7.38. The number of piperidine rings is 1. The summed E-state index contributed by atoms with van der Waals surface area (Å²) >= 11 is 0. The molecule has 0 atom stereocenters. The van der Waals surface area contributed by atoms with Gasteiger partial charge in [0.2, 0.25) is 5.95 Å². The van der Waals surface area contributed by atoms with E-state index in [1.54, 1.807) is 17.0 Å². The Labute approximate surface area is 200 Å². The quantitative estimate of drug-likeness (QED) is 0.414. The summed E-state index contributed by atoms with van der Waals surface area (Å²) in [5, 5.41) is 13.3. The van der Waals surface area contributed by atoms with Gasteiger partial charge in [0.25, 0.3) is 5.91 Å². The topological polar surface area (TPSA) is 109 Å². The van der Waals surface area contributed by atoms with Gasteiger partial charge in [0.1, 0.15) is 23.2 Å². The molecule has 3 N–H and O–H groups in total. The SMILES string of the molecule is C=CCNC(=O)c1cnc(Nc2cnn(C)c2)nc1Nc1cccc(OC2CCN(C)CC2)c1.[HH]. The van der Waals surface area contributed by atoms with Crippen LogP contribution in [0.1, 0.15) is 24.6 Å². The number of hydrogen-bond acceptors (Lipinski definition) is 8. The van der Waals surface area contributed by atoms with Crippen molar-refractivity contribution in [2.75, 3.05) is 37.3 Å². The molecule has 34 heavy (non-hydrogen) atoms. The molecule has 1 aliphatic rings. The lowest BCUT2D eigenvalue weighted by Crippen LogP contribution is -2.35. The molecule has 180 valence electrons. The van der Waals surface area contributed by atoms with Crippen LogP contribution < -0.4 is 20.7 Å². The largest absolute Gasteiger partial charge is 0.490 e. The van der Waals surface area contributed by atoms with Crippen molar-refractivity contribution >= 4 is 29.0 Å². The highest BCUT2D eigenvalue weighted by molar-refractivity contribution is 5.99. The molecule has 1 aliphatic heterocycles. The number of likely N-dealkylation sites (tertiary alicyclic amines) is 1. The first-order valence-corrected chi connectivity index (χ1v) is 11.2. The minimum atomic E-state index is -0.297. The average Bonchev–Trinajstić information content (AvgIpc) is 3.24. The van der Waals surface area contributed by atoms with Crippen LogP contribution in [0.25, 0.3) is 0 Å². The zero-order valence-corrected chi connectivity index (χ0v) is 19.5. The summed E-state index contributed by atoms with van der Waals surface area (Å²) in [6.45, 7) is 6.04. The Bertz CT molecular complexity index is 1140. The third-order valence-electron chi connectivity index (χ3n) is 5.47. The molecule has 3 aromatic rings. The number of amides is 1. The molecule has 10 nitrogen and oxygen atoms in total. The number of ether oxygens (including phenoxy) is 1. The highest BCUT2D eigenvalue weighted by Gasteiger charge is 2.19. The molecule has 4 rings (SSSR count). The Morgan fingerprint density at radius 3 is 2.79 bits per heavy atom. The van der Waals surface area contributed by atoms with Crippen molar-refractivity contribution in [1.82, 2.24) is 30.0 Å². The highest BCUT2D eigenvalue weighted by Crippen LogP contribution is 2.26. The van der Waals surface area contributed by atoms with Gasteiger partial charge in [0.15, 0.2) is 0 Å². The molecule has 2 aromatic heterocycles. The average molecular weight is 465 g/mol. The van der Waals surface area contributed by atoms with E-state index in [1.165, 1.54) is 6.20 Å². The molecule has 1 saturated heterocycles. The third-order valence-corrected chi connectivity index (χ3v) is 5.47. The van der Waals surface area contributed by atoms with E-state index in [4.69, 9.17) is 4.74 Å². The highest BCUT2D eigenvalue weighted by atomic mass is 16.5. The van der Waals surface area contributed by atoms with Gasteiger partial charge in [0.05, 0.1) is 11.9 Å². The molecule has 10 heteroatoms. The lowest BCUT2D eigenvalue weighted by Gasteiger charge is -2.29. The van der Waals surface area contributed by atoms with Crippen molar-refractivity contribution in [3.8, 4) is 5.75 Å². The van der Waals surface area contributed by atoms with Crippen LogP contribution >= 0.6 is 0 Å². The van der Waals surface area contributed by atoms with Crippen molar-refractivity contribution in [2.24, 2.45) is 7.05 Å². The van der Waals surface area contributed by atoms with Crippen LogP contribution in [0.4, 0.5) is 23.1 Å². The monoisotopic (exact) mass is 464 g/mol. The Morgan fingerprint density at radius 1 is 1.24 bits per heavy atom. The number of hydrogen-bond donors (Lipinski definition) is 3. The fraction of sp³-hybridized carbons (Fsp3) is 0.333. The normalized spacial score (nSPS) is 14.4. The predicted octanol–water partition coefficient (Wildman–Crippen LogP) is 3.33. The summed E-state index contributed by atoms with van der Waals surface area (Å²) in [6, 6.07) is 7.68. The Hall–Kier alpha value is -3.92. The molecule has 0 aliphatic carbocycles. The van der Waals surface area contributed by atoms with E-state index < -0.39 is 0 Å². The van der Waals surface area contributed by atoms with Crippen molar-refractivity contribution < 1.29 is 11.0 Å². The maximum absolute atomic E-state index is 12.7. The van der Waals surface area contributed by atoms with Gasteiger partial charge < -0.3 is 25.6 Å². The van der Waals surface area contributed by atoms with Crippen LogP contribution in [0.3, 0.4) is 0 Å². The molecule has 1 fully saturated rings. The standard InChI is InChI=1S/C24H30N8O2.H2/c1-4-10-25-23(33)21-15-26-24(29-18-14-27-32(3)16-18)30-22(21)28-17-6-5-7-20(13-17)34-19-8-11-31(2)12-9-19;/h4-7,13-16,19H,1,8-12H2,2-3H3,(H,25,33)(H2,26,28,29,30);1H. The second kappa shape index (κ2) is 10.8. The third kappa shape index (κ3) is 6.10. The van der Waals surface area contributed by atoms with E-state index in [9.17, 15) is 4.79 Å². The first kappa shape index (κ1) is 23.2. The van der Waals surface area contributed by atoms with Gasteiger partial charge in [-0.2, -0.15) is 10.1 Å². The van der Waals surface area contributed by atoms with Crippen LogP contribution in [0.2, 0.25) is 0 Å². The number of benzene rings is 1. The second-order valence-electron chi connectivity index (χ2n) is 8.26. The van der Waals surface area contributed by atoms with Crippen LogP contribution in [-0.2, 0) is 7.05 Å². The number of nitrogens with one attached hydrogen (secondary N) is 3. The van der Waals surface area contributed by atoms with Crippen LogP contribution in [0.5, 0.6) is 5.75 Å². The molecule has 3 heterocycles. The Morgan fingerprint density at radius 2 is 2.06 bits per heavy atom. The van der Waals surface area contributed by atoms with E-state index in [0.29, 0.717) is 23.9 Å². The molecular weight excluding hydrogens is 432 g/mol. The molecule has 1 amide bonds. The van der Waals surface area contributed by atoms with Crippen molar-refractivity contribution in [3.63, 3.8) is 0 Å². The summed E-state index contributed by atoms with van der Waals surface area (Å²) in [5.41, 5.74) is 1.82. The molecule has 0 bridgehead atoms. The summed E-state index contributed by atoms with van der Waals surface area (Å²) < 4.78 is 7.88. The lowest BCUT2D eigenvalue weighted by molar-refractivity contribution is 0.0958. The van der Waals surface area contributed by atoms with Crippen molar-refractivity contribution in [2.45, 2.75) is 18.9 Å². The number of aromatic nitrogens is 4. The van der Waals surface area contributed by atoms with E-state index >= 15 is 0 Å². The van der Waals surface area contributed by atoms with Gasteiger partial charge in [-0.25, -0.2) is 4.98 Å². The van der Waals surface area contributed by atoms with Gasteiger partial charge in [-0.3, -0.25) is 9.48 Å². The smallest absolute Gasteiger partial charge is 0.256 e. The minimum absolute atomic E-state index is 0. The first-order valence-electron chi connectivity index (χ1n) is 11.2. The number of aryl methyl sites for hydroxylation is 1. The number of rotatable bonds is 9. The summed E-state index contributed by atoms with van der Waals surface area (Å²) in [4.78, 5) is 23.9. The zero-order chi connectivity index (χ0) is 23.9. The zero-order valence-electron chi connectivity index (χ0n) is 19.5. The van der Waals surface area contributed by atoms with Crippen LogP contribution in [0, 0.1) is 0 Å². The first-order chi connectivity index (χ1) is 16.5. The van der Waals surface area contributed by atoms with Gasteiger partial charge in [-0.1, -0.05) is 12.1 Å². The van der Waals surface area contributed by atoms with Gasteiger partial charge in [0, 0.05) is 52.3 Å². The van der Waals surface area contributed by atoms with E-state index in [0.717, 1.165) is 43.1 Å². The lowest BCUT2D eigenvalue weighted by atomic mass is 10.1. The summed E-state index contributed by atoms with van der Waals surface area (Å²) in [5.74, 6) is 1.20. The molecule has 0 unspecified atom stereocenters. The van der Waals surface area contributed by atoms with E-state index in [-0.39, 0.29) is 13.4 Å². The maximum atomic E-state index is 12.7.